The third-order valence-electron chi connectivity index (χ3n) is 4.55. The first-order valence-electron chi connectivity index (χ1n) is 7.46. The van der Waals surface area contributed by atoms with Crippen LogP contribution in [0.2, 0.25) is 0 Å². The van der Waals surface area contributed by atoms with E-state index in [0.717, 1.165) is 31.2 Å². The van der Waals surface area contributed by atoms with Gasteiger partial charge in [0.1, 0.15) is 11.3 Å². The van der Waals surface area contributed by atoms with Gasteiger partial charge < -0.3 is 4.57 Å². The molecule has 1 heterocycles. The van der Waals surface area contributed by atoms with Gasteiger partial charge in [-0.2, -0.15) is 0 Å². The minimum atomic E-state index is -0.835. The number of nitrogens with zero attached hydrogens (tertiary/aromatic N) is 2. The predicted molar refractivity (Wildman–Crippen MR) is 82.9 cm³/mol. The van der Waals surface area contributed by atoms with Crippen LogP contribution in [0.15, 0.2) is 12.1 Å². The zero-order valence-electron chi connectivity index (χ0n) is 12.7. The SMILES string of the molecule is CCC(CC)(CC)n1c(CCCl)nc2ccc(F)c(F)c21. The molecular formula is C16H21ClF2N2. The maximum Gasteiger partial charge on any atom is 0.184 e. The molecule has 0 spiro atoms. The second kappa shape index (κ2) is 6.30. The molecule has 5 heteroatoms. The molecule has 116 valence electrons. The van der Waals surface area contributed by atoms with Gasteiger partial charge in [0.2, 0.25) is 0 Å². The Kier molecular flexibility index (Phi) is 4.87. The van der Waals surface area contributed by atoms with Crippen molar-refractivity contribution in [1.29, 1.82) is 0 Å². The molecule has 0 saturated carbocycles. The summed E-state index contributed by atoms with van der Waals surface area (Å²) in [6.07, 6.45) is 3.03. The van der Waals surface area contributed by atoms with E-state index in [4.69, 9.17) is 11.6 Å². The summed E-state index contributed by atoms with van der Waals surface area (Å²) in [4.78, 5) is 4.49. The molecule has 0 radical (unpaired) electrons. The van der Waals surface area contributed by atoms with Crippen LogP contribution in [-0.4, -0.2) is 15.4 Å². The lowest BCUT2D eigenvalue weighted by Gasteiger charge is -2.34. The van der Waals surface area contributed by atoms with Gasteiger partial charge >= 0.3 is 0 Å². The first kappa shape index (κ1) is 16.2. The fraction of sp³-hybridized carbons (Fsp3) is 0.562. The van der Waals surface area contributed by atoms with E-state index in [2.05, 4.69) is 25.8 Å². The van der Waals surface area contributed by atoms with Gasteiger partial charge in [0.25, 0.3) is 0 Å². The second-order valence-corrected chi connectivity index (χ2v) is 5.69. The van der Waals surface area contributed by atoms with Crippen LogP contribution in [0.3, 0.4) is 0 Å². The number of fused-ring (bicyclic) bond motifs is 1. The summed E-state index contributed by atoms with van der Waals surface area (Å²) in [6, 6.07) is 2.67. The van der Waals surface area contributed by atoms with Crippen LogP contribution in [0.25, 0.3) is 11.0 Å². The number of hydrogen-bond acceptors (Lipinski definition) is 1. The molecule has 0 fully saturated rings. The van der Waals surface area contributed by atoms with E-state index < -0.39 is 11.6 Å². The molecule has 0 bridgehead atoms. The molecule has 1 aromatic heterocycles. The maximum absolute atomic E-state index is 14.4. The van der Waals surface area contributed by atoms with Gasteiger partial charge in [0.05, 0.1) is 5.52 Å². The Bertz CT molecular complexity index is 624. The first-order valence-corrected chi connectivity index (χ1v) is 7.99. The number of alkyl halides is 1. The minimum Gasteiger partial charge on any atom is -0.319 e. The summed E-state index contributed by atoms with van der Waals surface area (Å²) in [5, 5.41) is 0. The van der Waals surface area contributed by atoms with Crippen molar-refractivity contribution < 1.29 is 8.78 Å². The largest absolute Gasteiger partial charge is 0.319 e. The van der Waals surface area contributed by atoms with Gasteiger partial charge in [0.15, 0.2) is 11.6 Å². The standard InChI is InChI=1S/C16H21ClF2N2/c1-4-16(5-2,6-3)21-13(9-10-17)20-12-8-7-11(18)14(19)15(12)21/h7-8H,4-6,9-10H2,1-3H3. The van der Waals surface area contributed by atoms with Gasteiger partial charge in [-0.1, -0.05) is 20.8 Å². The third kappa shape index (κ3) is 2.54. The van der Waals surface area contributed by atoms with Crippen LogP contribution in [0.5, 0.6) is 0 Å². The molecule has 0 N–H and O–H groups in total. The lowest BCUT2D eigenvalue weighted by atomic mass is 9.89. The topological polar surface area (TPSA) is 17.8 Å². The molecule has 0 aliphatic heterocycles. The van der Waals surface area contributed by atoms with E-state index in [1.807, 2.05) is 4.57 Å². The zero-order chi connectivity index (χ0) is 15.6. The molecule has 0 amide bonds. The molecule has 2 aromatic rings. The number of rotatable bonds is 6. The van der Waals surface area contributed by atoms with Crippen LogP contribution < -0.4 is 0 Å². The molecule has 2 rings (SSSR count). The van der Waals surface area contributed by atoms with Gasteiger partial charge in [-0.05, 0) is 31.4 Å². The van der Waals surface area contributed by atoms with Crippen LogP contribution in [-0.2, 0) is 12.0 Å². The Balaban J connectivity index is 2.85. The summed E-state index contributed by atoms with van der Waals surface area (Å²) in [6.45, 7) is 6.21. The number of aryl methyl sites for hydroxylation is 1. The number of halogens is 3. The Morgan fingerprint density at radius 1 is 1.14 bits per heavy atom. The van der Waals surface area contributed by atoms with Crippen molar-refractivity contribution in [2.45, 2.75) is 52.0 Å². The van der Waals surface area contributed by atoms with Crippen LogP contribution >= 0.6 is 11.6 Å². The number of aromatic nitrogens is 2. The van der Waals surface area contributed by atoms with E-state index in [-0.39, 0.29) is 11.1 Å². The van der Waals surface area contributed by atoms with Crippen LogP contribution in [0.1, 0.15) is 45.9 Å². The second-order valence-electron chi connectivity index (χ2n) is 5.32. The zero-order valence-corrected chi connectivity index (χ0v) is 13.5. The first-order chi connectivity index (χ1) is 10.0. The molecule has 21 heavy (non-hydrogen) atoms. The van der Waals surface area contributed by atoms with Crippen molar-refractivity contribution in [3.05, 3.63) is 29.6 Å². The average molecular weight is 315 g/mol. The van der Waals surface area contributed by atoms with E-state index in [9.17, 15) is 8.78 Å². The Labute approximate surface area is 129 Å². The van der Waals surface area contributed by atoms with E-state index >= 15 is 0 Å². The third-order valence-corrected chi connectivity index (χ3v) is 4.73. The fourth-order valence-electron chi connectivity index (χ4n) is 3.14. The van der Waals surface area contributed by atoms with E-state index in [1.165, 1.54) is 6.07 Å². The maximum atomic E-state index is 14.4. The van der Waals surface area contributed by atoms with Gasteiger partial charge in [-0.15, -0.1) is 11.6 Å². The summed E-state index contributed by atoms with van der Waals surface area (Å²) in [5.74, 6) is -0.519. The number of benzene rings is 1. The minimum absolute atomic E-state index is 0.259. The predicted octanol–water partition coefficient (Wildman–Crippen LogP) is 5.02. The molecular weight excluding hydrogens is 294 g/mol. The van der Waals surface area contributed by atoms with Crippen LogP contribution in [0.4, 0.5) is 8.78 Å². The van der Waals surface area contributed by atoms with Gasteiger partial charge in [0, 0.05) is 17.8 Å². The highest BCUT2D eigenvalue weighted by atomic mass is 35.5. The highest BCUT2D eigenvalue weighted by Crippen LogP contribution is 2.36. The highest BCUT2D eigenvalue weighted by molar-refractivity contribution is 6.17. The Morgan fingerprint density at radius 2 is 1.76 bits per heavy atom. The van der Waals surface area contributed by atoms with Crippen LogP contribution in [0, 0.1) is 11.6 Å². The quantitative estimate of drug-likeness (QED) is 0.684. The Morgan fingerprint density at radius 3 is 2.29 bits per heavy atom. The molecule has 0 atom stereocenters. The van der Waals surface area contributed by atoms with Gasteiger partial charge in [-0.25, -0.2) is 13.8 Å². The normalized spacial score (nSPS) is 12.3. The lowest BCUT2D eigenvalue weighted by molar-refractivity contribution is 0.249. The van der Waals surface area contributed by atoms with E-state index in [0.29, 0.717) is 17.8 Å². The van der Waals surface area contributed by atoms with Crippen molar-refractivity contribution in [3.8, 4) is 0 Å². The monoisotopic (exact) mass is 314 g/mol. The van der Waals surface area contributed by atoms with E-state index in [1.54, 1.807) is 0 Å². The Hall–Kier alpha value is -1.16. The molecule has 2 nitrogen and oxygen atoms in total. The van der Waals surface area contributed by atoms with Crippen molar-refractivity contribution in [1.82, 2.24) is 9.55 Å². The number of hydrogen-bond donors (Lipinski definition) is 0. The smallest absolute Gasteiger partial charge is 0.184 e. The van der Waals surface area contributed by atoms with Crippen molar-refractivity contribution in [2.24, 2.45) is 0 Å². The van der Waals surface area contributed by atoms with Crippen molar-refractivity contribution in [3.63, 3.8) is 0 Å². The van der Waals surface area contributed by atoms with Crippen molar-refractivity contribution in [2.75, 3.05) is 5.88 Å². The lowest BCUT2D eigenvalue weighted by Crippen LogP contribution is -2.33. The van der Waals surface area contributed by atoms with Gasteiger partial charge in [-0.3, -0.25) is 0 Å². The molecule has 0 unspecified atom stereocenters. The fourth-order valence-corrected chi connectivity index (χ4v) is 3.31. The molecule has 0 saturated heterocycles. The molecule has 0 aliphatic rings. The number of imidazole rings is 1. The molecule has 0 aliphatic carbocycles. The summed E-state index contributed by atoms with van der Waals surface area (Å²) < 4.78 is 30.0. The highest BCUT2D eigenvalue weighted by Gasteiger charge is 2.32. The average Bonchev–Trinajstić information content (AvgIpc) is 2.86. The summed E-state index contributed by atoms with van der Waals surface area (Å²) in [5.41, 5.74) is 0.500. The van der Waals surface area contributed by atoms with Crippen molar-refractivity contribution >= 4 is 22.6 Å². The summed E-state index contributed by atoms with van der Waals surface area (Å²) >= 11 is 5.87. The summed E-state index contributed by atoms with van der Waals surface area (Å²) in [7, 11) is 0. The molecule has 1 aromatic carbocycles.